The van der Waals surface area contributed by atoms with Crippen molar-refractivity contribution in [3.05, 3.63) is 31.2 Å². The summed E-state index contributed by atoms with van der Waals surface area (Å²) >= 11 is 0. The fourth-order valence-corrected chi connectivity index (χ4v) is 0.609. The summed E-state index contributed by atoms with van der Waals surface area (Å²) in [4.78, 5) is 0. The van der Waals surface area contributed by atoms with Gasteiger partial charge >= 0.3 is 21.7 Å². The van der Waals surface area contributed by atoms with Crippen LogP contribution >= 0.6 is 0 Å². The molecule has 0 bridgehead atoms. The number of rotatable bonds is 1. The van der Waals surface area contributed by atoms with Crippen LogP contribution in [0, 0.1) is 7.43 Å². The molecule has 10 heavy (non-hydrogen) atoms. The van der Waals surface area contributed by atoms with Gasteiger partial charge in [-0.1, -0.05) is 18.2 Å². The predicted octanol–water partition coefficient (Wildman–Crippen LogP) is -1.68. The standard InChI is InChI=1S/C6H8O.CH3.ClH.Ti/c7-5-6-3-1-2-4-6;;;/h1-3,7H,4-5H2;1H3;1H;/q;-1;;+2/p-1. The van der Waals surface area contributed by atoms with E-state index in [2.05, 4.69) is 0 Å². The van der Waals surface area contributed by atoms with Crippen LogP contribution in [0.15, 0.2) is 23.8 Å². The van der Waals surface area contributed by atoms with Crippen molar-refractivity contribution in [2.45, 2.75) is 6.42 Å². The Hall–Kier alpha value is 0.444. The first-order valence-corrected chi connectivity index (χ1v) is 2.39. The monoisotopic (exact) mass is 194 g/mol. The molecule has 56 valence electrons. The van der Waals surface area contributed by atoms with Crippen LogP contribution in [0.4, 0.5) is 0 Å². The molecule has 1 aliphatic carbocycles. The molecule has 3 heteroatoms. The second-order valence-electron chi connectivity index (χ2n) is 1.62. The SMILES string of the molecule is OCC1=CC=CC1.[CH3-].[Cl-].[Ti+2]. The Morgan fingerprint density at radius 2 is 2.10 bits per heavy atom. The zero-order valence-corrected chi connectivity index (χ0v) is 8.29. The van der Waals surface area contributed by atoms with E-state index in [9.17, 15) is 0 Å². The molecule has 0 aromatic carbocycles. The smallest absolute Gasteiger partial charge is 1.00 e. The van der Waals surface area contributed by atoms with E-state index < -0.39 is 0 Å². The summed E-state index contributed by atoms with van der Waals surface area (Å²) in [5.74, 6) is 0. The third-order valence-electron chi connectivity index (χ3n) is 1.05. The van der Waals surface area contributed by atoms with Crippen molar-refractivity contribution in [2.75, 3.05) is 6.61 Å². The summed E-state index contributed by atoms with van der Waals surface area (Å²) in [6.45, 7) is 0.215. The summed E-state index contributed by atoms with van der Waals surface area (Å²) < 4.78 is 0. The Kier molecular flexibility index (Phi) is 15.9. The van der Waals surface area contributed by atoms with E-state index >= 15 is 0 Å². The molecule has 0 spiro atoms. The van der Waals surface area contributed by atoms with Crippen molar-refractivity contribution in [2.24, 2.45) is 0 Å². The Morgan fingerprint density at radius 3 is 2.30 bits per heavy atom. The van der Waals surface area contributed by atoms with Crippen LogP contribution in [0.3, 0.4) is 0 Å². The zero-order valence-electron chi connectivity index (χ0n) is 5.97. The number of aliphatic hydroxyl groups excluding tert-OH is 1. The summed E-state index contributed by atoms with van der Waals surface area (Å²) in [5.41, 5.74) is 1.11. The molecule has 0 radical (unpaired) electrons. The second kappa shape index (κ2) is 9.44. The van der Waals surface area contributed by atoms with Crippen molar-refractivity contribution in [1.29, 1.82) is 0 Å². The molecule has 1 nitrogen and oxygen atoms in total. The van der Waals surface area contributed by atoms with Crippen molar-refractivity contribution in [1.82, 2.24) is 0 Å². The van der Waals surface area contributed by atoms with E-state index in [1.807, 2.05) is 18.2 Å². The van der Waals surface area contributed by atoms with E-state index in [-0.39, 0.29) is 48.2 Å². The van der Waals surface area contributed by atoms with Crippen LogP contribution in [-0.2, 0) is 21.7 Å². The van der Waals surface area contributed by atoms with E-state index in [1.165, 1.54) is 0 Å². The van der Waals surface area contributed by atoms with Gasteiger partial charge in [0.25, 0.3) is 0 Å². The van der Waals surface area contributed by atoms with Crippen LogP contribution < -0.4 is 12.4 Å². The quantitative estimate of drug-likeness (QED) is 0.390. The maximum absolute atomic E-state index is 8.46. The minimum absolute atomic E-state index is 0. The molecule has 1 aliphatic rings. The van der Waals surface area contributed by atoms with Gasteiger partial charge < -0.3 is 24.9 Å². The fourth-order valence-electron chi connectivity index (χ4n) is 0.609. The Bertz CT molecular complexity index is 121. The van der Waals surface area contributed by atoms with Crippen molar-refractivity contribution in [3.8, 4) is 0 Å². The minimum atomic E-state index is 0. The third kappa shape index (κ3) is 5.25. The average molecular weight is 194 g/mol. The van der Waals surface area contributed by atoms with Gasteiger partial charge in [0.2, 0.25) is 0 Å². The average Bonchev–Trinajstić information content (AvgIpc) is 2.14. The summed E-state index contributed by atoms with van der Waals surface area (Å²) in [6, 6.07) is 0. The molecule has 0 saturated carbocycles. The molecule has 0 heterocycles. The van der Waals surface area contributed by atoms with Gasteiger partial charge in [-0.05, 0) is 12.0 Å². The molecule has 0 aromatic rings. The molecular weight excluding hydrogens is 183 g/mol. The molecule has 0 amide bonds. The Morgan fingerprint density at radius 1 is 1.50 bits per heavy atom. The van der Waals surface area contributed by atoms with Gasteiger partial charge in [0, 0.05) is 0 Å². The number of hydrogen-bond acceptors (Lipinski definition) is 1. The van der Waals surface area contributed by atoms with Gasteiger partial charge in [0.1, 0.15) is 0 Å². The topological polar surface area (TPSA) is 20.2 Å². The number of aliphatic hydroxyl groups is 1. The molecular formula is C7H11ClOTi. The molecule has 0 aromatic heterocycles. The molecule has 1 rings (SSSR count). The molecule has 1 N–H and O–H groups in total. The van der Waals surface area contributed by atoms with Crippen LogP contribution in [0.1, 0.15) is 6.42 Å². The first-order chi connectivity index (χ1) is 3.43. The van der Waals surface area contributed by atoms with Gasteiger partial charge in [-0.25, -0.2) is 0 Å². The van der Waals surface area contributed by atoms with E-state index in [0.717, 1.165) is 12.0 Å². The van der Waals surface area contributed by atoms with Gasteiger partial charge in [-0.3, -0.25) is 0 Å². The molecule has 0 fully saturated rings. The van der Waals surface area contributed by atoms with Crippen molar-refractivity contribution >= 4 is 0 Å². The van der Waals surface area contributed by atoms with Crippen LogP contribution in [0.25, 0.3) is 0 Å². The molecule has 0 aliphatic heterocycles. The first kappa shape index (κ1) is 16.8. The van der Waals surface area contributed by atoms with E-state index in [0.29, 0.717) is 0 Å². The van der Waals surface area contributed by atoms with Crippen molar-refractivity contribution < 1.29 is 39.2 Å². The van der Waals surface area contributed by atoms with Gasteiger partial charge in [0.15, 0.2) is 0 Å². The normalized spacial score (nSPS) is 12.3. The first-order valence-electron chi connectivity index (χ1n) is 2.39. The molecule has 0 saturated heterocycles. The Labute approximate surface area is 83.5 Å². The zero-order chi connectivity index (χ0) is 5.11. The second-order valence-corrected chi connectivity index (χ2v) is 1.62. The van der Waals surface area contributed by atoms with Gasteiger partial charge in [-0.15, -0.1) is 0 Å². The van der Waals surface area contributed by atoms with E-state index in [4.69, 9.17) is 5.11 Å². The maximum Gasteiger partial charge on any atom is 2.00 e. The van der Waals surface area contributed by atoms with Crippen LogP contribution in [-0.4, -0.2) is 11.7 Å². The maximum atomic E-state index is 8.46. The number of halogens is 1. The summed E-state index contributed by atoms with van der Waals surface area (Å²) in [6.07, 6.45) is 6.88. The summed E-state index contributed by atoms with van der Waals surface area (Å²) in [7, 11) is 0. The Balaban J connectivity index is -0.000000163. The molecule has 0 atom stereocenters. The summed E-state index contributed by atoms with van der Waals surface area (Å²) in [5, 5.41) is 8.46. The third-order valence-corrected chi connectivity index (χ3v) is 1.05. The van der Waals surface area contributed by atoms with Gasteiger partial charge in [0.05, 0.1) is 6.61 Å². The number of allylic oxidation sites excluding steroid dienone is 3. The van der Waals surface area contributed by atoms with Crippen molar-refractivity contribution in [3.63, 3.8) is 0 Å². The van der Waals surface area contributed by atoms with E-state index in [1.54, 1.807) is 0 Å². The van der Waals surface area contributed by atoms with Gasteiger partial charge in [-0.2, -0.15) is 0 Å². The predicted molar refractivity (Wildman–Crippen MR) is 35.3 cm³/mol. The molecule has 0 unspecified atom stereocenters. The van der Waals surface area contributed by atoms with Crippen LogP contribution in [0.2, 0.25) is 0 Å². The minimum Gasteiger partial charge on any atom is -1.00 e. The largest absolute Gasteiger partial charge is 2.00 e. The number of hydrogen-bond donors (Lipinski definition) is 1. The fraction of sp³-hybridized carbons (Fsp3) is 0.286. The van der Waals surface area contributed by atoms with Crippen LogP contribution in [0.5, 0.6) is 0 Å².